The summed E-state index contributed by atoms with van der Waals surface area (Å²) in [4.78, 5) is 20.0. The third kappa shape index (κ3) is 4.79. The molecule has 1 fully saturated rings. The van der Waals surface area contributed by atoms with Gasteiger partial charge < -0.3 is 21.5 Å². The Hall–Kier alpha value is -3.33. The lowest BCUT2D eigenvalue weighted by Gasteiger charge is -2.35. The maximum Gasteiger partial charge on any atom is 0.220 e. The van der Waals surface area contributed by atoms with Gasteiger partial charge in [-0.05, 0) is 58.3 Å². The van der Waals surface area contributed by atoms with Crippen molar-refractivity contribution in [3.8, 4) is 28.4 Å². The van der Waals surface area contributed by atoms with E-state index in [1.165, 1.54) is 6.20 Å². The van der Waals surface area contributed by atoms with Crippen LogP contribution in [0.25, 0.3) is 22.6 Å². The van der Waals surface area contributed by atoms with E-state index >= 15 is 0 Å². The minimum atomic E-state index is -0.660. The van der Waals surface area contributed by atoms with Crippen LogP contribution in [0.15, 0.2) is 24.4 Å². The van der Waals surface area contributed by atoms with Crippen LogP contribution >= 0.6 is 0 Å². The van der Waals surface area contributed by atoms with Crippen molar-refractivity contribution in [2.24, 2.45) is 0 Å². The summed E-state index contributed by atoms with van der Waals surface area (Å²) in [5.41, 5.74) is 14.9. The molecule has 0 amide bonds. The van der Waals surface area contributed by atoms with Crippen LogP contribution in [0.5, 0.6) is 5.75 Å². The second kappa shape index (κ2) is 9.89. The summed E-state index contributed by atoms with van der Waals surface area (Å²) in [6.45, 7) is 8.47. The number of rotatable bonds is 6. The Morgan fingerprint density at radius 1 is 1.09 bits per heavy atom. The molecule has 9 heteroatoms. The standard InChI is InChI=1S/C25H32FN7O/c1-4-5-17-21(15-7-10-33(11-8-15)14(2)3)31-25(28)32-23(17)24-19(34)13-18(26)22(30-24)16-6-9-29-20(27)12-16/h6,9,12-15,34H,4-5,7-8,10-11H2,1-3H3,(H2,27,29)(H2,28,31,32). The molecule has 0 atom stereocenters. The topological polar surface area (TPSA) is 127 Å². The Morgan fingerprint density at radius 2 is 1.82 bits per heavy atom. The summed E-state index contributed by atoms with van der Waals surface area (Å²) in [5.74, 6) is -0.341. The number of likely N-dealkylation sites (tertiary alicyclic amines) is 1. The Bertz CT molecular complexity index is 1180. The zero-order chi connectivity index (χ0) is 24.4. The van der Waals surface area contributed by atoms with Crippen LogP contribution in [0.4, 0.5) is 16.2 Å². The molecule has 34 heavy (non-hydrogen) atoms. The van der Waals surface area contributed by atoms with Crippen LogP contribution < -0.4 is 11.5 Å². The van der Waals surface area contributed by atoms with Crippen LogP contribution in [0.3, 0.4) is 0 Å². The monoisotopic (exact) mass is 465 g/mol. The van der Waals surface area contributed by atoms with Gasteiger partial charge in [0.25, 0.3) is 0 Å². The molecule has 0 aliphatic carbocycles. The average Bonchev–Trinajstić information content (AvgIpc) is 2.80. The van der Waals surface area contributed by atoms with Gasteiger partial charge >= 0.3 is 0 Å². The quantitative estimate of drug-likeness (QED) is 0.495. The zero-order valence-corrected chi connectivity index (χ0v) is 19.9. The Labute approximate surface area is 199 Å². The van der Waals surface area contributed by atoms with Crippen molar-refractivity contribution in [2.75, 3.05) is 24.6 Å². The third-order valence-electron chi connectivity index (χ3n) is 6.44. The number of nitrogens with two attached hydrogens (primary N) is 2. The minimum absolute atomic E-state index is 0.0633. The van der Waals surface area contributed by atoms with Crippen LogP contribution in [-0.4, -0.2) is 49.1 Å². The van der Waals surface area contributed by atoms with Crippen molar-refractivity contribution in [3.63, 3.8) is 0 Å². The van der Waals surface area contributed by atoms with Crippen LogP contribution in [0.1, 0.15) is 57.2 Å². The Morgan fingerprint density at radius 3 is 2.47 bits per heavy atom. The lowest BCUT2D eigenvalue weighted by molar-refractivity contribution is 0.170. The highest BCUT2D eigenvalue weighted by Gasteiger charge is 2.28. The van der Waals surface area contributed by atoms with E-state index in [-0.39, 0.29) is 34.8 Å². The number of aromatic hydroxyl groups is 1. The average molecular weight is 466 g/mol. The highest BCUT2D eigenvalue weighted by Crippen LogP contribution is 2.38. The molecule has 1 aliphatic rings. The van der Waals surface area contributed by atoms with Crippen molar-refractivity contribution in [1.29, 1.82) is 0 Å². The first-order valence-corrected chi connectivity index (χ1v) is 11.8. The van der Waals surface area contributed by atoms with Crippen molar-refractivity contribution >= 4 is 11.8 Å². The molecule has 180 valence electrons. The summed E-state index contributed by atoms with van der Waals surface area (Å²) >= 11 is 0. The number of pyridine rings is 2. The number of hydrogen-bond donors (Lipinski definition) is 3. The lowest BCUT2D eigenvalue weighted by Crippen LogP contribution is -2.38. The van der Waals surface area contributed by atoms with Gasteiger partial charge in [0.2, 0.25) is 5.95 Å². The fraction of sp³-hybridized carbons (Fsp3) is 0.440. The summed E-state index contributed by atoms with van der Waals surface area (Å²) < 4.78 is 14.8. The number of piperidine rings is 1. The second-order valence-corrected chi connectivity index (χ2v) is 9.10. The molecule has 3 aromatic rings. The lowest BCUT2D eigenvalue weighted by atomic mass is 9.87. The van der Waals surface area contributed by atoms with E-state index in [1.54, 1.807) is 12.1 Å². The highest BCUT2D eigenvalue weighted by molar-refractivity contribution is 5.73. The third-order valence-corrected chi connectivity index (χ3v) is 6.44. The molecular formula is C25H32FN7O. The first-order chi connectivity index (χ1) is 16.3. The molecule has 0 radical (unpaired) electrons. The smallest absolute Gasteiger partial charge is 0.220 e. The maximum atomic E-state index is 14.8. The molecule has 1 aliphatic heterocycles. The second-order valence-electron chi connectivity index (χ2n) is 9.10. The minimum Gasteiger partial charge on any atom is -0.505 e. The van der Waals surface area contributed by atoms with E-state index in [0.29, 0.717) is 23.7 Å². The first kappa shape index (κ1) is 23.8. The molecular weight excluding hydrogens is 433 g/mol. The van der Waals surface area contributed by atoms with Gasteiger partial charge in [0.1, 0.15) is 28.6 Å². The molecule has 5 N–H and O–H groups in total. The normalized spacial score (nSPS) is 15.2. The van der Waals surface area contributed by atoms with Gasteiger partial charge in [0.15, 0.2) is 5.82 Å². The van der Waals surface area contributed by atoms with Gasteiger partial charge in [-0.2, -0.15) is 0 Å². The molecule has 4 rings (SSSR count). The van der Waals surface area contributed by atoms with Gasteiger partial charge in [-0.3, -0.25) is 0 Å². The van der Waals surface area contributed by atoms with Crippen LogP contribution in [0.2, 0.25) is 0 Å². The van der Waals surface area contributed by atoms with Crippen LogP contribution in [0, 0.1) is 5.82 Å². The first-order valence-electron chi connectivity index (χ1n) is 11.8. The number of hydrogen-bond acceptors (Lipinski definition) is 8. The van der Waals surface area contributed by atoms with E-state index in [4.69, 9.17) is 11.5 Å². The van der Waals surface area contributed by atoms with Crippen molar-refractivity contribution in [2.45, 2.75) is 58.4 Å². The SMILES string of the molecule is CCCc1c(-c2nc(-c3ccnc(N)c3)c(F)cc2O)nc(N)nc1C1CCN(C(C)C)CC1. The predicted octanol–water partition coefficient (Wildman–Crippen LogP) is 4.15. The molecule has 0 saturated carbocycles. The Kier molecular flexibility index (Phi) is 6.92. The summed E-state index contributed by atoms with van der Waals surface area (Å²) in [5, 5.41) is 10.7. The zero-order valence-electron chi connectivity index (χ0n) is 19.9. The summed E-state index contributed by atoms with van der Waals surface area (Å²) in [6.07, 6.45) is 4.98. The number of nitrogen functional groups attached to an aromatic ring is 2. The van der Waals surface area contributed by atoms with Gasteiger partial charge in [-0.15, -0.1) is 0 Å². The van der Waals surface area contributed by atoms with Crippen LogP contribution in [-0.2, 0) is 6.42 Å². The fourth-order valence-electron chi connectivity index (χ4n) is 4.69. The van der Waals surface area contributed by atoms with E-state index in [1.807, 2.05) is 0 Å². The predicted molar refractivity (Wildman–Crippen MR) is 132 cm³/mol. The van der Waals surface area contributed by atoms with Gasteiger partial charge in [-0.25, -0.2) is 24.3 Å². The molecule has 1 saturated heterocycles. The summed E-state index contributed by atoms with van der Waals surface area (Å²) in [6, 6.07) is 4.73. The van der Waals surface area contributed by atoms with Crippen molar-refractivity contribution in [1.82, 2.24) is 24.8 Å². The van der Waals surface area contributed by atoms with Gasteiger partial charge in [-0.1, -0.05) is 13.3 Å². The van der Waals surface area contributed by atoms with E-state index < -0.39 is 5.82 Å². The van der Waals surface area contributed by atoms with E-state index in [9.17, 15) is 9.50 Å². The summed E-state index contributed by atoms with van der Waals surface area (Å²) in [7, 11) is 0. The molecule has 3 aromatic heterocycles. The number of aromatic nitrogens is 4. The molecule has 8 nitrogen and oxygen atoms in total. The fourth-order valence-corrected chi connectivity index (χ4v) is 4.69. The molecule has 0 bridgehead atoms. The maximum absolute atomic E-state index is 14.8. The largest absolute Gasteiger partial charge is 0.505 e. The molecule has 0 unspecified atom stereocenters. The Balaban J connectivity index is 1.83. The van der Waals surface area contributed by atoms with E-state index in [2.05, 4.69) is 45.6 Å². The highest BCUT2D eigenvalue weighted by atomic mass is 19.1. The number of halogens is 1. The number of nitrogens with zero attached hydrogens (tertiary/aromatic N) is 5. The molecule has 4 heterocycles. The van der Waals surface area contributed by atoms with Crippen molar-refractivity contribution in [3.05, 3.63) is 41.5 Å². The number of anilines is 2. The molecule has 0 aromatic carbocycles. The van der Waals surface area contributed by atoms with Gasteiger partial charge in [0, 0.05) is 35.3 Å². The van der Waals surface area contributed by atoms with Gasteiger partial charge in [0.05, 0.1) is 5.69 Å². The van der Waals surface area contributed by atoms with E-state index in [0.717, 1.165) is 49.7 Å². The molecule has 0 spiro atoms. The van der Waals surface area contributed by atoms with Crippen molar-refractivity contribution < 1.29 is 9.50 Å².